The van der Waals surface area contributed by atoms with Gasteiger partial charge in [0.05, 0.1) is 11.4 Å². The second-order valence-corrected chi connectivity index (χ2v) is 5.12. The third kappa shape index (κ3) is 3.42. The molecule has 20 heavy (non-hydrogen) atoms. The molecule has 0 aliphatic carbocycles. The third-order valence-electron chi connectivity index (χ3n) is 3.66. The summed E-state index contributed by atoms with van der Waals surface area (Å²) in [5.41, 5.74) is 7.38. The van der Waals surface area contributed by atoms with Gasteiger partial charge in [0.2, 0.25) is 0 Å². The topological polar surface area (TPSA) is 69.8 Å². The maximum absolute atomic E-state index is 12.3. The lowest BCUT2D eigenvalue weighted by atomic mass is 10.2. The van der Waals surface area contributed by atoms with Crippen LogP contribution in [0.3, 0.4) is 0 Å². The van der Waals surface area contributed by atoms with E-state index in [1.54, 1.807) is 4.90 Å². The highest BCUT2D eigenvalue weighted by Crippen LogP contribution is 2.26. The van der Waals surface area contributed by atoms with Crippen molar-refractivity contribution in [3.63, 3.8) is 0 Å². The quantitative estimate of drug-likeness (QED) is 0.592. The summed E-state index contributed by atoms with van der Waals surface area (Å²) in [6.07, 6.45) is 3.91. The van der Waals surface area contributed by atoms with Crippen molar-refractivity contribution in [2.24, 2.45) is 0 Å². The average Bonchev–Trinajstić information content (AvgIpc) is 2.81. The largest absolute Gasteiger partial charge is 0.397 e. The molecule has 2 amide bonds. The Kier molecular flexibility index (Phi) is 5.24. The molecule has 0 saturated carbocycles. The minimum atomic E-state index is 0.0464. The van der Waals surface area contributed by atoms with Gasteiger partial charge in [-0.1, -0.05) is 25.0 Å². The number of hydrogen-bond donors (Lipinski definition) is 2. The summed E-state index contributed by atoms with van der Waals surface area (Å²) >= 11 is 0. The minimum absolute atomic E-state index is 0.0464. The minimum Gasteiger partial charge on any atom is -0.397 e. The Morgan fingerprint density at radius 2 is 1.85 bits per heavy atom. The number of para-hydroxylation sites is 2. The highest BCUT2D eigenvalue weighted by Gasteiger charge is 2.29. The molecule has 1 saturated heterocycles. The molecule has 1 fully saturated rings. The van der Waals surface area contributed by atoms with Crippen LogP contribution in [0.25, 0.3) is 0 Å². The van der Waals surface area contributed by atoms with E-state index in [1.165, 1.54) is 0 Å². The van der Waals surface area contributed by atoms with Crippen molar-refractivity contribution in [2.75, 3.05) is 36.9 Å². The van der Waals surface area contributed by atoms with Gasteiger partial charge in [0, 0.05) is 26.2 Å². The van der Waals surface area contributed by atoms with Crippen molar-refractivity contribution in [3.8, 4) is 0 Å². The van der Waals surface area contributed by atoms with E-state index in [2.05, 4.69) is 0 Å². The number of nitrogens with zero attached hydrogens (tertiary/aromatic N) is 2. The number of rotatable bonds is 7. The number of aliphatic hydroxyl groups excluding tert-OH is 1. The second-order valence-electron chi connectivity index (χ2n) is 5.12. The molecule has 0 atom stereocenters. The Bertz CT molecular complexity index is 450. The number of urea groups is 1. The first-order valence-electron chi connectivity index (χ1n) is 7.26. The van der Waals surface area contributed by atoms with Gasteiger partial charge in [-0.05, 0) is 25.0 Å². The van der Waals surface area contributed by atoms with E-state index in [1.807, 2.05) is 29.2 Å². The van der Waals surface area contributed by atoms with Gasteiger partial charge in [0.15, 0.2) is 0 Å². The predicted octanol–water partition coefficient (Wildman–Crippen LogP) is 2.06. The molecule has 0 spiro atoms. The zero-order valence-corrected chi connectivity index (χ0v) is 11.8. The summed E-state index contributed by atoms with van der Waals surface area (Å²) in [5, 5.41) is 8.72. The van der Waals surface area contributed by atoms with Crippen LogP contribution in [0.2, 0.25) is 0 Å². The first-order chi connectivity index (χ1) is 9.74. The molecule has 1 heterocycles. The molecule has 0 aromatic heterocycles. The molecule has 0 radical (unpaired) electrons. The lowest BCUT2D eigenvalue weighted by molar-refractivity contribution is 0.219. The lowest BCUT2D eigenvalue weighted by Gasteiger charge is -2.19. The number of carbonyl (C=O) groups excluding carboxylic acids is 1. The summed E-state index contributed by atoms with van der Waals surface area (Å²) in [6, 6.07) is 7.53. The van der Waals surface area contributed by atoms with Gasteiger partial charge >= 0.3 is 6.03 Å². The van der Waals surface area contributed by atoms with E-state index < -0.39 is 0 Å². The number of unbranched alkanes of at least 4 members (excludes halogenated alkanes) is 3. The summed E-state index contributed by atoms with van der Waals surface area (Å²) in [6.45, 7) is 2.49. The SMILES string of the molecule is Nc1ccccc1N1CCN(CCCCCCO)C1=O. The average molecular weight is 277 g/mol. The van der Waals surface area contributed by atoms with E-state index in [-0.39, 0.29) is 12.6 Å². The van der Waals surface area contributed by atoms with Crippen LogP contribution in [-0.4, -0.2) is 42.3 Å². The molecule has 0 bridgehead atoms. The van der Waals surface area contributed by atoms with Crippen LogP contribution in [0.4, 0.5) is 16.2 Å². The Morgan fingerprint density at radius 1 is 1.10 bits per heavy atom. The zero-order chi connectivity index (χ0) is 14.4. The number of aliphatic hydroxyl groups is 1. The molecule has 1 aromatic rings. The van der Waals surface area contributed by atoms with Gasteiger partial charge in [-0.15, -0.1) is 0 Å². The Labute approximate surface area is 120 Å². The lowest BCUT2D eigenvalue weighted by Crippen LogP contribution is -2.32. The summed E-state index contributed by atoms with van der Waals surface area (Å²) < 4.78 is 0. The van der Waals surface area contributed by atoms with Crippen LogP contribution in [0.1, 0.15) is 25.7 Å². The number of benzene rings is 1. The number of hydrogen-bond acceptors (Lipinski definition) is 3. The maximum Gasteiger partial charge on any atom is 0.324 e. The van der Waals surface area contributed by atoms with E-state index in [0.29, 0.717) is 12.2 Å². The molecule has 5 heteroatoms. The normalized spacial score (nSPS) is 15.2. The van der Waals surface area contributed by atoms with Crippen LogP contribution in [-0.2, 0) is 0 Å². The van der Waals surface area contributed by atoms with Gasteiger partial charge in [0.25, 0.3) is 0 Å². The molecular weight excluding hydrogens is 254 g/mol. The fourth-order valence-electron chi connectivity index (χ4n) is 2.52. The molecule has 2 rings (SSSR count). The predicted molar refractivity (Wildman–Crippen MR) is 80.7 cm³/mol. The van der Waals surface area contributed by atoms with Crippen molar-refractivity contribution in [1.82, 2.24) is 4.90 Å². The van der Waals surface area contributed by atoms with Crippen molar-refractivity contribution in [2.45, 2.75) is 25.7 Å². The Morgan fingerprint density at radius 3 is 2.60 bits per heavy atom. The van der Waals surface area contributed by atoms with Gasteiger partial charge in [-0.2, -0.15) is 0 Å². The number of anilines is 2. The molecular formula is C15H23N3O2. The summed E-state index contributed by atoms with van der Waals surface area (Å²) in [7, 11) is 0. The van der Waals surface area contributed by atoms with Crippen molar-refractivity contribution >= 4 is 17.4 Å². The van der Waals surface area contributed by atoms with Crippen LogP contribution < -0.4 is 10.6 Å². The molecule has 0 unspecified atom stereocenters. The highest BCUT2D eigenvalue weighted by molar-refractivity contribution is 5.97. The summed E-state index contributed by atoms with van der Waals surface area (Å²) in [4.78, 5) is 16.0. The molecule has 5 nitrogen and oxygen atoms in total. The fraction of sp³-hybridized carbons (Fsp3) is 0.533. The summed E-state index contributed by atoms with van der Waals surface area (Å²) in [5.74, 6) is 0. The van der Waals surface area contributed by atoms with Crippen molar-refractivity contribution in [3.05, 3.63) is 24.3 Å². The van der Waals surface area contributed by atoms with Crippen molar-refractivity contribution < 1.29 is 9.90 Å². The number of amides is 2. The zero-order valence-electron chi connectivity index (χ0n) is 11.8. The third-order valence-corrected chi connectivity index (χ3v) is 3.66. The number of nitrogens with two attached hydrogens (primary N) is 1. The molecule has 3 N–H and O–H groups in total. The van der Waals surface area contributed by atoms with Gasteiger partial charge in [-0.25, -0.2) is 4.79 Å². The first kappa shape index (κ1) is 14.7. The molecule has 1 aromatic carbocycles. The van der Waals surface area contributed by atoms with Crippen LogP contribution in [0.5, 0.6) is 0 Å². The van der Waals surface area contributed by atoms with E-state index >= 15 is 0 Å². The Balaban J connectivity index is 1.85. The molecule has 1 aliphatic rings. The van der Waals surface area contributed by atoms with Crippen LogP contribution in [0, 0.1) is 0 Å². The van der Waals surface area contributed by atoms with E-state index in [9.17, 15) is 4.79 Å². The fourth-order valence-corrected chi connectivity index (χ4v) is 2.52. The Hall–Kier alpha value is -1.75. The molecule has 1 aliphatic heterocycles. The standard InChI is InChI=1S/C15H23N3O2/c16-13-7-3-4-8-14(13)18-11-10-17(15(18)20)9-5-1-2-6-12-19/h3-4,7-8,19H,1-2,5-6,9-12,16H2. The molecule has 110 valence electrons. The highest BCUT2D eigenvalue weighted by atomic mass is 16.2. The van der Waals surface area contributed by atoms with Crippen LogP contribution in [0.15, 0.2) is 24.3 Å². The maximum atomic E-state index is 12.3. The van der Waals surface area contributed by atoms with Gasteiger partial charge in [-0.3, -0.25) is 4.90 Å². The second kappa shape index (κ2) is 7.14. The smallest absolute Gasteiger partial charge is 0.324 e. The number of nitrogen functional groups attached to an aromatic ring is 1. The van der Waals surface area contributed by atoms with Crippen LogP contribution >= 0.6 is 0 Å². The monoisotopic (exact) mass is 277 g/mol. The first-order valence-corrected chi connectivity index (χ1v) is 7.26. The van der Waals surface area contributed by atoms with Gasteiger partial charge < -0.3 is 15.7 Å². The number of carbonyl (C=O) groups is 1. The van der Waals surface area contributed by atoms with Gasteiger partial charge in [0.1, 0.15) is 0 Å². The van der Waals surface area contributed by atoms with E-state index in [0.717, 1.165) is 44.5 Å². The van der Waals surface area contributed by atoms with Crippen molar-refractivity contribution in [1.29, 1.82) is 0 Å². The van der Waals surface area contributed by atoms with E-state index in [4.69, 9.17) is 10.8 Å².